The van der Waals surface area contributed by atoms with Crippen LogP contribution in [0.1, 0.15) is 56.6 Å². The van der Waals surface area contributed by atoms with Crippen molar-refractivity contribution in [3.63, 3.8) is 0 Å². The van der Waals surface area contributed by atoms with E-state index in [2.05, 4.69) is 50.2 Å². The number of carbonyl (C=O) groups is 1. The Bertz CT molecular complexity index is 454. The van der Waals surface area contributed by atoms with Crippen LogP contribution in [-0.2, 0) is 17.8 Å². The van der Waals surface area contributed by atoms with E-state index in [1.165, 1.54) is 10.6 Å². The minimum Gasteiger partial charge on any atom is -0.351 e. The second-order valence-corrected chi connectivity index (χ2v) is 7.30. The van der Waals surface area contributed by atoms with Gasteiger partial charge in [-0.05, 0) is 40.5 Å². The number of aryl methyl sites for hydroxylation is 2. The molecule has 1 unspecified atom stereocenters. The molecule has 2 N–H and O–H groups in total. The minimum absolute atomic E-state index is 0.0218. The van der Waals surface area contributed by atoms with Gasteiger partial charge in [-0.25, -0.2) is 4.98 Å². The van der Waals surface area contributed by atoms with Gasteiger partial charge < -0.3 is 10.6 Å². The molecule has 1 atom stereocenters. The van der Waals surface area contributed by atoms with Gasteiger partial charge in [0.05, 0.1) is 10.7 Å². The highest BCUT2D eigenvalue weighted by atomic mass is 32.1. The monoisotopic (exact) mass is 297 g/mol. The van der Waals surface area contributed by atoms with Gasteiger partial charge in [-0.2, -0.15) is 0 Å². The summed E-state index contributed by atoms with van der Waals surface area (Å²) in [6.45, 7) is 12.9. The van der Waals surface area contributed by atoms with Gasteiger partial charge in [0.1, 0.15) is 0 Å². The molecule has 0 aliphatic rings. The van der Waals surface area contributed by atoms with Crippen molar-refractivity contribution in [1.82, 2.24) is 15.6 Å². The van der Waals surface area contributed by atoms with Gasteiger partial charge >= 0.3 is 0 Å². The Morgan fingerprint density at radius 3 is 2.65 bits per heavy atom. The smallest absolute Gasteiger partial charge is 0.217 e. The first kappa shape index (κ1) is 17.1. The molecule has 0 fully saturated rings. The molecule has 20 heavy (non-hydrogen) atoms. The second-order valence-electron chi connectivity index (χ2n) is 6.01. The van der Waals surface area contributed by atoms with Crippen LogP contribution >= 0.6 is 11.3 Å². The molecule has 1 amide bonds. The molecular weight excluding hydrogens is 270 g/mol. The van der Waals surface area contributed by atoms with E-state index in [4.69, 9.17) is 0 Å². The summed E-state index contributed by atoms with van der Waals surface area (Å²) in [7, 11) is 0. The first-order valence-corrected chi connectivity index (χ1v) is 8.02. The van der Waals surface area contributed by atoms with Gasteiger partial charge in [-0.15, -0.1) is 11.3 Å². The summed E-state index contributed by atoms with van der Waals surface area (Å²) in [6, 6.07) is 0.337. The maximum Gasteiger partial charge on any atom is 0.217 e. The third-order valence-corrected chi connectivity index (χ3v) is 4.18. The quantitative estimate of drug-likeness (QED) is 0.813. The van der Waals surface area contributed by atoms with E-state index in [0.29, 0.717) is 6.04 Å². The van der Waals surface area contributed by atoms with Crippen LogP contribution in [0, 0.1) is 6.92 Å². The van der Waals surface area contributed by atoms with E-state index in [9.17, 15) is 4.79 Å². The van der Waals surface area contributed by atoms with Crippen molar-refractivity contribution in [2.45, 2.75) is 72.5 Å². The number of hydrogen-bond acceptors (Lipinski definition) is 4. The van der Waals surface area contributed by atoms with Gasteiger partial charge in [0.15, 0.2) is 0 Å². The molecule has 0 saturated heterocycles. The molecule has 0 radical (unpaired) electrons. The zero-order valence-corrected chi connectivity index (χ0v) is 14.3. The Morgan fingerprint density at radius 2 is 2.10 bits per heavy atom. The van der Waals surface area contributed by atoms with Crippen molar-refractivity contribution in [2.24, 2.45) is 0 Å². The third kappa shape index (κ3) is 5.59. The highest BCUT2D eigenvalue weighted by molar-refractivity contribution is 7.11. The van der Waals surface area contributed by atoms with E-state index >= 15 is 0 Å². The summed E-state index contributed by atoms with van der Waals surface area (Å²) in [5.41, 5.74) is 1.02. The van der Waals surface area contributed by atoms with Crippen LogP contribution < -0.4 is 10.6 Å². The first-order chi connectivity index (χ1) is 9.23. The predicted molar refractivity (Wildman–Crippen MR) is 85.0 cm³/mol. The molecule has 5 heteroatoms. The maximum absolute atomic E-state index is 11.2. The zero-order chi connectivity index (χ0) is 15.3. The van der Waals surface area contributed by atoms with Crippen LogP contribution in [0.2, 0.25) is 0 Å². The first-order valence-electron chi connectivity index (χ1n) is 7.21. The summed E-state index contributed by atoms with van der Waals surface area (Å²) >= 11 is 1.77. The van der Waals surface area contributed by atoms with E-state index in [-0.39, 0.29) is 11.4 Å². The van der Waals surface area contributed by atoms with Crippen LogP contribution in [-0.4, -0.2) is 22.5 Å². The Balaban J connectivity index is 2.50. The predicted octanol–water partition coefficient (Wildman–Crippen LogP) is 2.80. The van der Waals surface area contributed by atoms with Crippen molar-refractivity contribution in [3.8, 4) is 0 Å². The number of amides is 1. The normalized spacial score (nSPS) is 13.3. The number of aromatic nitrogens is 1. The van der Waals surface area contributed by atoms with Gasteiger partial charge in [0, 0.05) is 29.9 Å². The number of rotatable bonds is 7. The molecule has 1 aromatic heterocycles. The molecule has 1 aromatic rings. The lowest BCUT2D eigenvalue weighted by Gasteiger charge is -2.29. The van der Waals surface area contributed by atoms with Gasteiger partial charge in [0.2, 0.25) is 5.91 Å². The summed E-state index contributed by atoms with van der Waals surface area (Å²) in [5.74, 6) is 0.0218. The largest absolute Gasteiger partial charge is 0.351 e. The minimum atomic E-state index is -0.185. The molecule has 0 aliphatic carbocycles. The van der Waals surface area contributed by atoms with Crippen LogP contribution in [0.4, 0.5) is 0 Å². The Hall–Kier alpha value is -0.940. The fraction of sp³-hybridized carbons (Fsp3) is 0.733. The van der Waals surface area contributed by atoms with E-state index in [1.54, 1.807) is 18.3 Å². The molecule has 4 nitrogen and oxygen atoms in total. The molecule has 0 bridgehead atoms. The van der Waals surface area contributed by atoms with E-state index in [1.807, 2.05) is 0 Å². The van der Waals surface area contributed by atoms with E-state index in [0.717, 1.165) is 24.4 Å². The number of hydrogen-bond donors (Lipinski definition) is 2. The van der Waals surface area contributed by atoms with Crippen molar-refractivity contribution < 1.29 is 4.79 Å². The lowest BCUT2D eigenvalue weighted by atomic mass is 9.96. The van der Waals surface area contributed by atoms with Crippen LogP contribution in [0.3, 0.4) is 0 Å². The Morgan fingerprint density at radius 1 is 1.45 bits per heavy atom. The summed E-state index contributed by atoms with van der Waals surface area (Å²) in [4.78, 5) is 17.0. The number of nitrogens with zero attached hydrogens (tertiary/aromatic N) is 1. The highest BCUT2D eigenvalue weighted by Crippen LogP contribution is 2.19. The molecule has 0 aromatic carbocycles. The molecule has 114 valence electrons. The summed E-state index contributed by atoms with van der Waals surface area (Å²) in [5, 5.41) is 7.65. The lowest BCUT2D eigenvalue weighted by molar-refractivity contribution is -0.120. The molecule has 0 aliphatic heterocycles. The van der Waals surface area contributed by atoms with Crippen molar-refractivity contribution in [1.29, 1.82) is 0 Å². The van der Waals surface area contributed by atoms with Crippen molar-refractivity contribution in [3.05, 3.63) is 15.6 Å². The SMILES string of the molecule is CCc1nc(C)sc1CNC(C)CC(C)(C)NC(C)=O. The standard InChI is InChI=1S/C15H27N3OS/c1-7-13-14(20-12(4)17-13)9-16-10(2)8-15(5,6)18-11(3)19/h10,16H,7-9H2,1-6H3,(H,18,19). The fourth-order valence-corrected chi connectivity index (χ4v) is 3.53. The zero-order valence-electron chi connectivity index (χ0n) is 13.5. The van der Waals surface area contributed by atoms with Gasteiger partial charge in [-0.3, -0.25) is 4.79 Å². The number of thiazole rings is 1. The van der Waals surface area contributed by atoms with Crippen LogP contribution in [0.25, 0.3) is 0 Å². The molecule has 1 heterocycles. The molecular formula is C15H27N3OS. The average Bonchev–Trinajstić information content (AvgIpc) is 2.64. The van der Waals surface area contributed by atoms with Crippen LogP contribution in [0.15, 0.2) is 0 Å². The van der Waals surface area contributed by atoms with Crippen molar-refractivity contribution >= 4 is 17.2 Å². The maximum atomic E-state index is 11.2. The highest BCUT2D eigenvalue weighted by Gasteiger charge is 2.21. The van der Waals surface area contributed by atoms with E-state index < -0.39 is 0 Å². The molecule has 1 rings (SSSR count). The van der Waals surface area contributed by atoms with Crippen LogP contribution in [0.5, 0.6) is 0 Å². The summed E-state index contributed by atoms with van der Waals surface area (Å²) in [6.07, 6.45) is 1.87. The Kier molecular flexibility index (Phi) is 6.14. The van der Waals surface area contributed by atoms with Gasteiger partial charge in [0.25, 0.3) is 0 Å². The number of nitrogens with one attached hydrogen (secondary N) is 2. The molecule has 0 spiro atoms. The Labute approximate surface area is 126 Å². The van der Waals surface area contributed by atoms with Gasteiger partial charge in [-0.1, -0.05) is 6.92 Å². The molecule has 0 saturated carbocycles. The second kappa shape index (κ2) is 7.18. The average molecular weight is 297 g/mol. The summed E-state index contributed by atoms with van der Waals surface area (Å²) < 4.78 is 0. The number of carbonyl (C=O) groups excluding carboxylic acids is 1. The van der Waals surface area contributed by atoms with Crippen molar-refractivity contribution in [2.75, 3.05) is 0 Å². The lowest BCUT2D eigenvalue weighted by Crippen LogP contribution is -2.46. The third-order valence-electron chi connectivity index (χ3n) is 3.16. The fourth-order valence-electron chi connectivity index (χ4n) is 2.56. The topological polar surface area (TPSA) is 54.0 Å².